The van der Waals surface area contributed by atoms with Crippen molar-refractivity contribution in [1.29, 1.82) is 0 Å². The number of benzene rings is 1. The summed E-state index contributed by atoms with van der Waals surface area (Å²) in [5.74, 6) is 0.967. The fourth-order valence-electron chi connectivity index (χ4n) is 3.26. The van der Waals surface area contributed by atoms with Gasteiger partial charge >= 0.3 is 0 Å². The van der Waals surface area contributed by atoms with Gasteiger partial charge in [0.25, 0.3) is 0 Å². The molecule has 10 heteroatoms. The number of thioether (sulfide) groups is 1. The molecule has 0 atom stereocenters. The second-order valence-electron chi connectivity index (χ2n) is 7.01. The average Bonchev–Trinajstić information content (AvgIpc) is 3.44. The number of nitrogens with one attached hydrogen (secondary N) is 1. The number of nitrogens with zero attached hydrogens (tertiary/aromatic N) is 4. The van der Waals surface area contributed by atoms with Crippen LogP contribution in [-0.4, -0.2) is 39.5 Å². The van der Waals surface area contributed by atoms with E-state index in [0.29, 0.717) is 26.8 Å². The summed E-state index contributed by atoms with van der Waals surface area (Å²) in [5, 5.41) is 13.4. The van der Waals surface area contributed by atoms with Crippen LogP contribution in [0.5, 0.6) is 0 Å². The molecule has 4 rings (SSSR count). The van der Waals surface area contributed by atoms with Crippen molar-refractivity contribution in [3.63, 3.8) is 0 Å². The van der Waals surface area contributed by atoms with Crippen LogP contribution in [-0.2, 0) is 4.79 Å². The Bertz CT molecular complexity index is 880. The summed E-state index contributed by atoms with van der Waals surface area (Å²) >= 11 is 19.5. The van der Waals surface area contributed by atoms with Gasteiger partial charge in [0.05, 0.1) is 26.5 Å². The molecule has 0 bridgehead atoms. The largest absolute Gasteiger partial charge is 0.341 e. The first-order chi connectivity index (χ1) is 13.5. The van der Waals surface area contributed by atoms with E-state index in [9.17, 15) is 4.79 Å². The number of halogens is 3. The highest BCUT2D eigenvalue weighted by molar-refractivity contribution is 7.99. The predicted octanol–water partition coefficient (Wildman–Crippen LogP) is 5.29. The van der Waals surface area contributed by atoms with E-state index in [-0.39, 0.29) is 11.7 Å². The highest BCUT2D eigenvalue weighted by Gasteiger charge is 2.32. The first-order valence-electron chi connectivity index (χ1n) is 9.30. The highest BCUT2D eigenvalue weighted by atomic mass is 35.5. The molecule has 2 aromatic rings. The molecule has 1 saturated carbocycles. The number of carbonyl (C=O) groups is 1. The van der Waals surface area contributed by atoms with Crippen LogP contribution >= 0.6 is 46.6 Å². The fraction of sp³-hybridized carbons (Fsp3) is 0.500. The smallest absolute Gasteiger partial charge is 0.234 e. The van der Waals surface area contributed by atoms with Crippen LogP contribution < -0.4 is 10.2 Å². The molecular formula is C18H20Cl3N5OS. The van der Waals surface area contributed by atoms with E-state index in [4.69, 9.17) is 34.8 Å². The zero-order chi connectivity index (χ0) is 19.7. The Kier molecular flexibility index (Phi) is 6.25. The minimum absolute atomic E-state index is 0.185. The van der Waals surface area contributed by atoms with Gasteiger partial charge in [-0.05, 0) is 44.2 Å². The number of hydrogen-bond acceptors (Lipinski definition) is 5. The molecule has 2 fully saturated rings. The number of anilines is 2. The van der Waals surface area contributed by atoms with Gasteiger partial charge in [-0.15, -0.1) is 10.2 Å². The van der Waals surface area contributed by atoms with Crippen LogP contribution in [0.2, 0.25) is 15.1 Å². The summed E-state index contributed by atoms with van der Waals surface area (Å²) in [6.45, 7) is 2.04. The first kappa shape index (κ1) is 20.1. The third-order valence-electron chi connectivity index (χ3n) is 4.81. The van der Waals surface area contributed by atoms with E-state index >= 15 is 0 Å². The lowest BCUT2D eigenvalue weighted by atomic mass is 10.1. The maximum atomic E-state index is 12.4. The monoisotopic (exact) mass is 459 g/mol. The summed E-state index contributed by atoms with van der Waals surface area (Å²) < 4.78 is 2.20. The van der Waals surface area contributed by atoms with Gasteiger partial charge in [-0.3, -0.25) is 9.36 Å². The zero-order valence-electron chi connectivity index (χ0n) is 15.1. The van der Waals surface area contributed by atoms with Crippen molar-refractivity contribution in [3.05, 3.63) is 27.2 Å². The van der Waals surface area contributed by atoms with Crippen molar-refractivity contribution in [2.24, 2.45) is 0 Å². The number of rotatable bonds is 6. The van der Waals surface area contributed by atoms with Gasteiger partial charge in [-0.25, -0.2) is 0 Å². The molecule has 1 aliphatic carbocycles. The first-order valence-corrected chi connectivity index (χ1v) is 11.4. The van der Waals surface area contributed by atoms with E-state index in [1.54, 1.807) is 6.07 Å². The van der Waals surface area contributed by atoms with Crippen molar-refractivity contribution >= 4 is 64.1 Å². The molecule has 28 heavy (non-hydrogen) atoms. The topological polar surface area (TPSA) is 63.1 Å². The quantitative estimate of drug-likeness (QED) is 0.468. The Balaban J connectivity index is 1.43. The van der Waals surface area contributed by atoms with Crippen molar-refractivity contribution in [2.75, 3.05) is 29.1 Å². The van der Waals surface area contributed by atoms with Crippen molar-refractivity contribution in [3.8, 4) is 0 Å². The molecule has 0 spiro atoms. The molecule has 150 valence electrons. The van der Waals surface area contributed by atoms with Gasteiger partial charge in [0.2, 0.25) is 11.9 Å². The second-order valence-corrected chi connectivity index (χ2v) is 9.18. The van der Waals surface area contributed by atoms with Gasteiger partial charge in [-0.1, -0.05) is 46.6 Å². The summed E-state index contributed by atoms with van der Waals surface area (Å²) in [4.78, 5) is 14.7. The molecule has 0 unspecified atom stereocenters. The molecule has 1 amide bonds. The van der Waals surface area contributed by atoms with Gasteiger partial charge in [-0.2, -0.15) is 0 Å². The van der Waals surface area contributed by atoms with Crippen molar-refractivity contribution in [2.45, 2.75) is 43.3 Å². The molecule has 1 N–H and O–H groups in total. The Morgan fingerprint density at radius 1 is 1.07 bits per heavy atom. The molecule has 1 aliphatic heterocycles. The molecular weight excluding hydrogens is 441 g/mol. The van der Waals surface area contributed by atoms with E-state index in [0.717, 1.165) is 37.0 Å². The minimum atomic E-state index is -0.185. The van der Waals surface area contributed by atoms with Crippen molar-refractivity contribution < 1.29 is 4.79 Å². The van der Waals surface area contributed by atoms with Crippen LogP contribution in [0, 0.1) is 0 Å². The zero-order valence-corrected chi connectivity index (χ0v) is 18.2. The Labute approximate surface area is 182 Å². The number of amides is 1. The van der Waals surface area contributed by atoms with E-state index in [1.807, 2.05) is 0 Å². The SMILES string of the molecule is O=C(CSc1nnc(N2CCCCC2)n1C1CC1)Nc1cc(Cl)c(Cl)cc1Cl. The van der Waals surface area contributed by atoms with E-state index in [2.05, 4.69) is 25.0 Å². The molecule has 2 aliphatic rings. The normalized spacial score (nSPS) is 17.0. The number of aromatic nitrogens is 3. The molecule has 0 radical (unpaired) electrons. The second kappa shape index (κ2) is 8.69. The summed E-state index contributed by atoms with van der Waals surface area (Å²) in [7, 11) is 0. The number of hydrogen-bond donors (Lipinski definition) is 1. The van der Waals surface area contributed by atoms with Crippen LogP contribution in [0.3, 0.4) is 0 Å². The van der Waals surface area contributed by atoms with Crippen LogP contribution in [0.1, 0.15) is 38.1 Å². The number of carbonyl (C=O) groups excluding carboxylic acids is 1. The molecule has 6 nitrogen and oxygen atoms in total. The van der Waals surface area contributed by atoms with Crippen LogP contribution in [0.15, 0.2) is 17.3 Å². The van der Waals surface area contributed by atoms with Gasteiger partial charge in [0, 0.05) is 19.1 Å². The molecule has 1 saturated heterocycles. The lowest BCUT2D eigenvalue weighted by Crippen LogP contribution is -2.32. The Hall–Kier alpha value is -1.15. The lowest BCUT2D eigenvalue weighted by Gasteiger charge is -2.27. The maximum absolute atomic E-state index is 12.4. The van der Waals surface area contributed by atoms with Gasteiger partial charge in [0.1, 0.15) is 0 Å². The Morgan fingerprint density at radius 3 is 2.50 bits per heavy atom. The molecule has 1 aromatic heterocycles. The van der Waals surface area contributed by atoms with Gasteiger partial charge in [0.15, 0.2) is 5.16 Å². The van der Waals surface area contributed by atoms with Crippen LogP contribution in [0.4, 0.5) is 11.6 Å². The summed E-state index contributed by atoms with van der Waals surface area (Å²) in [5.41, 5.74) is 0.444. The van der Waals surface area contributed by atoms with E-state index in [1.165, 1.54) is 37.1 Å². The maximum Gasteiger partial charge on any atom is 0.234 e. The van der Waals surface area contributed by atoms with Crippen molar-refractivity contribution in [1.82, 2.24) is 14.8 Å². The average molecular weight is 461 g/mol. The molecule has 1 aromatic carbocycles. The molecule has 2 heterocycles. The fourth-order valence-corrected chi connectivity index (χ4v) is 4.66. The lowest BCUT2D eigenvalue weighted by molar-refractivity contribution is -0.113. The minimum Gasteiger partial charge on any atom is -0.341 e. The van der Waals surface area contributed by atoms with Gasteiger partial charge < -0.3 is 10.2 Å². The summed E-state index contributed by atoms with van der Waals surface area (Å²) in [6.07, 6.45) is 5.92. The number of piperidine rings is 1. The van der Waals surface area contributed by atoms with E-state index < -0.39 is 0 Å². The third kappa shape index (κ3) is 4.53. The Morgan fingerprint density at radius 2 is 1.79 bits per heavy atom. The highest BCUT2D eigenvalue weighted by Crippen LogP contribution is 2.41. The van der Waals surface area contributed by atoms with Crippen LogP contribution in [0.25, 0.3) is 0 Å². The summed E-state index contributed by atoms with van der Waals surface area (Å²) in [6, 6.07) is 3.51. The predicted molar refractivity (Wildman–Crippen MR) is 115 cm³/mol. The third-order valence-corrected chi connectivity index (χ3v) is 6.79. The standard InChI is InChI=1S/C18H20Cl3N5OS/c19-12-8-14(21)15(9-13(12)20)22-16(27)10-28-18-24-23-17(26(18)11-4-5-11)25-6-2-1-3-7-25/h8-9,11H,1-7,10H2,(H,22,27).